The Bertz CT molecular complexity index is 1130. The molecule has 6 rings (SSSR count). The predicted molar refractivity (Wildman–Crippen MR) is 143 cm³/mol. The topological polar surface area (TPSA) is 35.6 Å². The highest BCUT2D eigenvalue weighted by atomic mass is 35.5. The number of benzene rings is 2. The smallest absolute Gasteiger partial charge is 0.226 e. The number of halogens is 3. The van der Waals surface area contributed by atoms with Gasteiger partial charge in [-0.25, -0.2) is 5.01 Å². The lowest BCUT2D eigenvalue weighted by Gasteiger charge is -2.41. The molecule has 1 aliphatic heterocycles. The van der Waals surface area contributed by atoms with Crippen molar-refractivity contribution in [2.24, 2.45) is 23.7 Å². The molecule has 1 heterocycles. The van der Waals surface area contributed by atoms with E-state index >= 15 is 0 Å². The van der Waals surface area contributed by atoms with E-state index in [-0.39, 0.29) is 17.4 Å². The molecular weight excluding hydrogens is 501 g/mol. The van der Waals surface area contributed by atoms with Gasteiger partial charge in [0.05, 0.1) is 16.6 Å². The van der Waals surface area contributed by atoms with Gasteiger partial charge in [-0.15, -0.1) is 0 Å². The van der Waals surface area contributed by atoms with Gasteiger partial charge in [0.15, 0.2) is 0 Å². The molecule has 1 saturated heterocycles. The van der Waals surface area contributed by atoms with E-state index in [9.17, 15) is 4.79 Å². The molecule has 7 heteroatoms. The van der Waals surface area contributed by atoms with Crippen molar-refractivity contribution in [3.63, 3.8) is 0 Å². The first-order valence-corrected chi connectivity index (χ1v) is 14.0. The summed E-state index contributed by atoms with van der Waals surface area (Å²) in [7, 11) is 0. The molecule has 186 valence electrons. The molecule has 4 aliphatic rings. The van der Waals surface area contributed by atoms with Crippen LogP contribution in [0.2, 0.25) is 15.1 Å². The van der Waals surface area contributed by atoms with Crippen LogP contribution in [0.4, 0.5) is 5.69 Å². The van der Waals surface area contributed by atoms with Gasteiger partial charge in [0, 0.05) is 35.2 Å². The van der Waals surface area contributed by atoms with E-state index in [4.69, 9.17) is 34.8 Å². The van der Waals surface area contributed by atoms with Crippen LogP contribution in [0, 0.1) is 23.7 Å². The Hall–Kier alpha value is -1.46. The van der Waals surface area contributed by atoms with E-state index in [1.807, 2.05) is 30.3 Å². The second-order valence-corrected chi connectivity index (χ2v) is 12.6. The molecule has 5 unspecified atom stereocenters. The van der Waals surface area contributed by atoms with Crippen molar-refractivity contribution in [2.45, 2.75) is 57.0 Å². The molecule has 2 aromatic carbocycles. The van der Waals surface area contributed by atoms with Crippen molar-refractivity contribution >= 4 is 46.4 Å². The van der Waals surface area contributed by atoms with Crippen molar-refractivity contribution in [1.82, 2.24) is 10.3 Å². The summed E-state index contributed by atoms with van der Waals surface area (Å²) in [5.41, 5.74) is 1.93. The zero-order valence-corrected chi connectivity index (χ0v) is 22.1. The molecule has 3 bridgehead atoms. The SMILES string of the molecule is O=C(NC12CCCC3CC(CC3C1)C2)C1CN(Cc2cccc(Cl)c2)N(c2cc(Cl)ccc2Cl)C1. The monoisotopic (exact) mass is 531 g/mol. The summed E-state index contributed by atoms with van der Waals surface area (Å²) in [6, 6.07) is 13.4. The number of amides is 1. The molecule has 1 amide bonds. The van der Waals surface area contributed by atoms with Gasteiger partial charge in [-0.2, -0.15) is 0 Å². The third-order valence-electron chi connectivity index (χ3n) is 8.87. The van der Waals surface area contributed by atoms with Crippen LogP contribution in [0.1, 0.15) is 50.5 Å². The highest BCUT2D eigenvalue weighted by Crippen LogP contribution is 2.55. The lowest BCUT2D eigenvalue weighted by molar-refractivity contribution is -0.127. The molecule has 2 aromatic rings. The Kier molecular flexibility index (Phi) is 6.45. The minimum absolute atomic E-state index is 0.00514. The Morgan fingerprint density at radius 3 is 2.69 bits per heavy atom. The van der Waals surface area contributed by atoms with Crippen LogP contribution in [0.3, 0.4) is 0 Å². The van der Waals surface area contributed by atoms with Crippen LogP contribution >= 0.6 is 34.8 Å². The summed E-state index contributed by atoms with van der Waals surface area (Å²) in [5, 5.41) is 9.93. The zero-order valence-electron chi connectivity index (χ0n) is 19.9. The molecule has 3 saturated carbocycles. The van der Waals surface area contributed by atoms with Gasteiger partial charge in [-0.1, -0.05) is 59.8 Å². The van der Waals surface area contributed by atoms with E-state index in [0.29, 0.717) is 34.7 Å². The van der Waals surface area contributed by atoms with Gasteiger partial charge >= 0.3 is 0 Å². The number of hydrazine groups is 1. The van der Waals surface area contributed by atoms with E-state index < -0.39 is 0 Å². The quantitative estimate of drug-likeness (QED) is 0.451. The lowest BCUT2D eigenvalue weighted by Crippen LogP contribution is -2.53. The van der Waals surface area contributed by atoms with Crippen molar-refractivity contribution in [3.05, 3.63) is 63.1 Å². The summed E-state index contributed by atoms with van der Waals surface area (Å²) in [6.07, 6.45) is 8.79. The minimum Gasteiger partial charge on any atom is -0.350 e. The van der Waals surface area contributed by atoms with Crippen LogP contribution in [-0.4, -0.2) is 29.5 Å². The Morgan fingerprint density at radius 2 is 1.83 bits per heavy atom. The maximum Gasteiger partial charge on any atom is 0.226 e. The first kappa shape index (κ1) is 23.9. The number of rotatable bonds is 5. The molecule has 5 atom stereocenters. The summed E-state index contributed by atoms with van der Waals surface area (Å²) in [4.78, 5) is 13.8. The average molecular weight is 533 g/mol. The Balaban J connectivity index is 1.24. The number of hydrogen-bond acceptors (Lipinski definition) is 3. The number of hydrogen-bond donors (Lipinski definition) is 1. The fourth-order valence-electron chi connectivity index (χ4n) is 7.51. The molecule has 35 heavy (non-hydrogen) atoms. The summed E-state index contributed by atoms with van der Waals surface area (Å²) in [5.74, 6) is 2.53. The molecule has 4 nitrogen and oxygen atoms in total. The summed E-state index contributed by atoms with van der Waals surface area (Å²) >= 11 is 19.2. The molecule has 0 radical (unpaired) electrons. The largest absolute Gasteiger partial charge is 0.350 e. The number of fused-ring (bicyclic) bond motifs is 2. The maximum absolute atomic E-state index is 13.8. The van der Waals surface area contributed by atoms with Crippen molar-refractivity contribution < 1.29 is 4.79 Å². The molecule has 3 aliphatic carbocycles. The molecule has 4 fully saturated rings. The highest BCUT2D eigenvalue weighted by molar-refractivity contribution is 6.35. The van der Waals surface area contributed by atoms with E-state index in [2.05, 4.69) is 21.4 Å². The fraction of sp³-hybridized carbons (Fsp3) is 0.536. The van der Waals surface area contributed by atoms with Crippen molar-refractivity contribution in [1.29, 1.82) is 0 Å². The van der Waals surface area contributed by atoms with Gasteiger partial charge in [0.2, 0.25) is 5.91 Å². The standard InChI is InChI=1S/C28H32Cl3N3O/c29-23-5-1-3-18(11-23)15-33-16-22(17-34(33)26-12-24(30)6-7-25(26)31)27(35)32-28-8-2-4-20-9-19(13-28)10-21(20)14-28/h1,3,5-7,11-12,19-22H,2,4,8-10,13-17H2,(H,32,35). The van der Waals surface area contributed by atoms with Crippen molar-refractivity contribution in [2.75, 3.05) is 18.1 Å². The normalized spacial score (nSPS) is 32.1. The van der Waals surface area contributed by atoms with Crippen LogP contribution in [0.15, 0.2) is 42.5 Å². The van der Waals surface area contributed by atoms with Crippen LogP contribution in [-0.2, 0) is 11.3 Å². The van der Waals surface area contributed by atoms with E-state index in [0.717, 1.165) is 41.8 Å². The summed E-state index contributed by atoms with van der Waals surface area (Å²) < 4.78 is 0. The Morgan fingerprint density at radius 1 is 1.00 bits per heavy atom. The molecule has 0 aromatic heterocycles. The number of nitrogens with one attached hydrogen (secondary N) is 1. The van der Waals surface area contributed by atoms with Crippen LogP contribution in [0.25, 0.3) is 0 Å². The average Bonchev–Trinajstić information content (AvgIpc) is 3.32. The number of carbonyl (C=O) groups is 1. The molecule has 0 spiro atoms. The first-order chi connectivity index (χ1) is 16.9. The van der Waals surface area contributed by atoms with E-state index in [1.54, 1.807) is 6.07 Å². The second kappa shape index (κ2) is 9.45. The number of anilines is 1. The predicted octanol–water partition coefficient (Wildman–Crippen LogP) is 6.98. The van der Waals surface area contributed by atoms with E-state index in [1.165, 1.54) is 32.1 Å². The first-order valence-electron chi connectivity index (χ1n) is 12.9. The van der Waals surface area contributed by atoms with Gasteiger partial charge in [-0.05, 0) is 85.8 Å². The lowest BCUT2D eigenvalue weighted by atomic mass is 9.73. The molecule has 1 N–H and O–H groups in total. The molecular formula is C28H32Cl3N3O. The van der Waals surface area contributed by atoms with Crippen LogP contribution in [0.5, 0.6) is 0 Å². The van der Waals surface area contributed by atoms with Crippen molar-refractivity contribution in [3.8, 4) is 0 Å². The van der Waals surface area contributed by atoms with Crippen LogP contribution < -0.4 is 10.3 Å². The second-order valence-electron chi connectivity index (χ2n) is 11.3. The fourth-order valence-corrected chi connectivity index (χ4v) is 8.11. The highest BCUT2D eigenvalue weighted by Gasteiger charge is 2.51. The van der Waals surface area contributed by atoms with Gasteiger partial charge in [0.1, 0.15) is 0 Å². The number of nitrogens with zero attached hydrogens (tertiary/aromatic N) is 2. The minimum atomic E-state index is -0.141. The Labute approximate surface area is 222 Å². The summed E-state index contributed by atoms with van der Waals surface area (Å²) in [6.45, 7) is 1.86. The van der Waals surface area contributed by atoms with Gasteiger partial charge in [0.25, 0.3) is 0 Å². The zero-order chi connectivity index (χ0) is 24.2. The van der Waals surface area contributed by atoms with Gasteiger partial charge in [-0.3, -0.25) is 4.79 Å². The third-order valence-corrected chi connectivity index (χ3v) is 9.66. The number of carbonyl (C=O) groups excluding carboxylic acids is 1. The third kappa shape index (κ3) is 4.80. The maximum atomic E-state index is 13.8. The van der Waals surface area contributed by atoms with Gasteiger partial charge < -0.3 is 10.3 Å².